The van der Waals surface area contributed by atoms with E-state index in [1.807, 2.05) is 12.1 Å². The molecule has 1 N–H and O–H groups in total. The van der Waals surface area contributed by atoms with Crippen LogP contribution in [0.3, 0.4) is 0 Å². The van der Waals surface area contributed by atoms with Crippen molar-refractivity contribution < 1.29 is 0 Å². The van der Waals surface area contributed by atoms with Crippen LogP contribution in [0.1, 0.15) is 52.1 Å². The van der Waals surface area contributed by atoms with Crippen molar-refractivity contribution in [1.82, 2.24) is 10.2 Å². The second kappa shape index (κ2) is 8.77. The molecule has 0 heterocycles. The molecule has 21 heavy (non-hydrogen) atoms. The third kappa shape index (κ3) is 5.98. The summed E-state index contributed by atoms with van der Waals surface area (Å²) >= 11 is 6.12. The smallest absolute Gasteiger partial charge is 0.0409 e. The van der Waals surface area contributed by atoms with Gasteiger partial charge in [-0.15, -0.1) is 0 Å². The largest absolute Gasteiger partial charge is 0.316 e. The van der Waals surface area contributed by atoms with Crippen LogP contribution < -0.4 is 5.32 Å². The summed E-state index contributed by atoms with van der Waals surface area (Å²) in [6.45, 7) is 12.3. The van der Waals surface area contributed by atoms with Gasteiger partial charge in [0.15, 0.2) is 0 Å². The van der Waals surface area contributed by atoms with E-state index in [0.717, 1.165) is 24.7 Å². The zero-order valence-corrected chi connectivity index (χ0v) is 15.0. The molecule has 0 bridgehead atoms. The lowest BCUT2D eigenvalue weighted by Crippen LogP contribution is -2.41. The molecule has 0 aliphatic rings. The summed E-state index contributed by atoms with van der Waals surface area (Å²) in [7, 11) is 2.21. The summed E-state index contributed by atoms with van der Waals surface area (Å²) in [6.07, 6.45) is 2.47. The molecule has 3 heteroatoms. The Morgan fingerprint density at radius 3 is 2.62 bits per heavy atom. The van der Waals surface area contributed by atoms with Gasteiger partial charge in [-0.2, -0.15) is 0 Å². The first-order chi connectivity index (χ1) is 9.91. The van der Waals surface area contributed by atoms with Crippen molar-refractivity contribution >= 4 is 11.6 Å². The number of hydrogen-bond donors (Lipinski definition) is 1. The van der Waals surface area contributed by atoms with Gasteiger partial charge in [-0.25, -0.2) is 0 Å². The molecule has 0 spiro atoms. The van der Waals surface area contributed by atoms with Crippen LogP contribution in [0, 0.1) is 5.41 Å². The number of hydrogen-bond acceptors (Lipinski definition) is 2. The highest BCUT2D eigenvalue weighted by molar-refractivity contribution is 6.30. The minimum atomic E-state index is 0.312. The number of nitrogens with zero attached hydrogens (tertiary/aromatic N) is 1. The number of nitrogens with one attached hydrogen (secondary N) is 1. The highest BCUT2D eigenvalue weighted by Crippen LogP contribution is 2.28. The molecule has 2 unspecified atom stereocenters. The minimum absolute atomic E-state index is 0.312. The van der Waals surface area contributed by atoms with Crippen molar-refractivity contribution in [2.24, 2.45) is 5.41 Å². The van der Waals surface area contributed by atoms with Crippen LogP contribution in [-0.2, 0) is 0 Å². The molecule has 0 saturated carbocycles. The van der Waals surface area contributed by atoms with E-state index < -0.39 is 0 Å². The van der Waals surface area contributed by atoms with Crippen LogP contribution in [0.15, 0.2) is 24.3 Å². The van der Waals surface area contributed by atoms with Crippen molar-refractivity contribution in [2.75, 3.05) is 26.7 Å². The predicted molar refractivity (Wildman–Crippen MR) is 94.1 cm³/mol. The molecule has 0 fully saturated rings. The molecule has 1 aromatic rings. The molecule has 1 rings (SSSR count). The molecule has 2 nitrogen and oxygen atoms in total. The molecule has 1 aromatic carbocycles. The zero-order valence-electron chi connectivity index (χ0n) is 14.2. The Morgan fingerprint density at radius 2 is 2.05 bits per heavy atom. The van der Waals surface area contributed by atoms with Crippen LogP contribution in [0.4, 0.5) is 0 Å². The zero-order chi connectivity index (χ0) is 15.9. The van der Waals surface area contributed by atoms with Gasteiger partial charge in [0.1, 0.15) is 0 Å². The summed E-state index contributed by atoms with van der Waals surface area (Å²) in [5, 5.41) is 4.34. The van der Waals surface area contributed by atoms with Gasteiger partial charge in [0.05, 0.1) is 0 Å². The van der Waals surface area contributed by atoms with E-state index in [0.29, 0.717) is 11.5 Å². The average molecular weight is 311 g/mol. The molecule has 2 atom stereocenters. The fourth-order valence-electron chi connectivity index (χ4n) is 3.01. The lowest BCUT2D eigenvalue weighted by molar-refractivity contribution is 0.143. The maximum Gasteiger partial charge on any atom is 0.0409 e. The highest BCUT2D eigenvalue weighted by atomic mass is 35.5. The molecule has 0 radical (unpaired) electrons. The maximum absolute atomic E-state index is 6.12. The molecule has 0 saturated heterocycles. The normalized spacial score (nSPS) is 16.0. The highest BCUT2D eigenvalue weighted by Gasteiger charge is 2.26. The van der Waals surface area contributed by atoms with E-state index in [1.54, 1.807) is 0 Å². The second-order valence-electron chi connectivity index (χ2n) is 6.49. The van der Waals surface area contributed by atoms with Crippen molar-refractivity contribution in [2.45, 2.75) is 46.6 Å². The molecule has 0 aliphatic carbocycles. The van der Waals surface area contributed by atoms with E-state index >= 15 is 0 Å². The quantitative estimate of drug-likeness (QED) is 0.708. The van der Waals surface area contributed by atoms with Crippen LogP contribution in [0.2, 0.25) is 5.02 Å². The Balaban J connectivity index is 2.73. The first kappa shape index (κ1) is 18.5. The van der Waals surface area contributed by atoms with E-state index in [9.17, 15) is 0 Å². The van der Waals surface area contributed by atoms with Gasteiger partial charge in [0.2, 0.25) is 0 Å². The Bertz CT molecular complexity index is 421. The van der Waals surface area contributed by atoms with E-state index in [4.69, 9.17) is 11.6 Å². The Labute approximate surface area is 135 Å². The SMILES string of the molecule is CCCC(C)(CNCC)CN(C)C(C)c1cccc(Cl)c1. The minimum Gasteiger partial charge on any atom is -0.316 e. The van der Waals surface area contributed by atoms with Crippen molar-refractivity contribution in [3.8, 4) is 0 Å². The fraction of sp³-hybridized carbons (Fsp3) is 0.667. The Hall–Kier alpha value is -0.570. The number of rotatable bonds is 9. The van der Waals surface area contributed by atoms with Gasteiger partial charge >= 0.3 is 0 Å². The summed E-state index contributed by atoms with van der Waals surface area (Å²) in [5.74, 6) is 0. The molecule has 120 valence electrons. The monoisotopic (exact) mass is 310 g/mol. The van der Waals surface area contributed by atoms with E-state index in [1.165, 1.54) is 18.4 Å². The summed E-state index contributed by atoms with van der Waals surface area (Å²) in [6, 6.07) is 8.58. The van der Waals surface area contributed by atoms with Gasteiger partial charge < -0.3 is 5.32 Å². The Kier molecular flexibility index (Phi) is 7.72. The molecule has 0 aromatic heterocycles. The van der Waals surface area contributed by atoms with Crippen molar-refractivity contribution in [3.05, 3.63) is 34.9 Å². The molecular weight excluding hydrogens is 280 g/mol. The van der Waals surface area contributed by atoms with Crippen LogP contribution in [0.5, 0.6) is 0 Å². The first-order valence-corrected chi connectivity index (χ1v) is 8.46. The van der Waals surface area contributed by atoms with Gasteiger partial charge in [0.25, 0.3) is 0 Å². The van der Waals surface area contributed by atoms with E-state index in [-0.39, 0.29) is 0 Å². The van der Waals surface area contributed by atoms with Gasteiger partial charge in [0, 0.05) is 24.2 Å². The topological polar surface area (TPSA) is 15.3 Å². The van der Waals surface area contributed by atoms with Gasteiger partial charge in [-0.05, 0) is 50.0 Å². The van der Waals surface area contributed by atoms with Gasteiger partial charge in [-0.3, -0.25) is 4.90 Å². The predicted octanol–water partition coefficient (Wildman–Crippen LogP) is 4.75. The average Bonchev–Trinajstić information content (AvgIpc) is 2.44. The molecule has 0 amide bonds. The lowest BCUT2D eigenvalue weighted by Gasteiger charge is -2.37. The Morgan fingerprint density at radius 1 is 1.33 bits per heavy atom. The van der Waals surface area contributed by atoms with E-state index in [2.05, 4.69) is 57.1 Å². The van der Waals surface area contributed by atoms with Gasteiger partial charge in [-0.1, -0.05) is 50.9 Å². The number of benzene rings is 1. The fourth-order valence-corrected chi connectivity index (χ4v) is 3.21. The molecule has 0 aliphatic heterocycles. The summed E-state index contributed by atoms with van der Waals surface area (Å²) < 4.78 is 0. The standard InChI is InChI=1S/C18H31ClN2/c1-6-11-18(4,13-20-7-2)14-21(5)15(3)16-9-8-10-17(19)12-16/h8-10,12,15,20H,6-7,11,13-14H2,1-5H3. The van der Waals surface area contributed by atoms with Crippen LogP contribution in [0.25, 0.3) is 0 Å². The van der Waals surface area contributed by atoms with Crippen LogP contribution in [-0.4, -0.2) is 31.6 Å². The van der Waals surface area contributed by atoms with Crippen molar-refractivity contribution in [1.29, 1.82) is 0 Å². The summed E-state index contributed by atoms with van der Waals surface area (Å²) in [5.41, 5.74) is 1.60. The van der Waals surface area contributed by atoms with Crippen molar-refractivity contribution in [3.63, 3.8) is 0 Å². The summed E-state index contributed by atoms with van der Waals surface area (Å²) in [4.78, 5) is 2.44. The second-order valence-corrected chi connectivity index (χ2v) is 6.92. The number of halogens is 1. The maximum atomic E-state index is 6.12. The third-order valence-electron chi connectivity index (χ3n) is 4.28. The lowest BCUT2D eigenvalue weighted by atomic mass is 9.84. The first-order valence-electron chi connectivity index (χ1n) is 8.08. The van der Waals surface area contributed by atoms with Crippen LogP contribution >= 0.6 is 11.6 Å². The third-order valence-corrected chi connectivity index (χ3v) is 4.51. The molecular formula is C18H31ClN2.